The maximum atomic E-state index is 6.35. The van der Waals surface area contributed by atoms with E-state index in [0.717, 1.165) is 22.8 Å². The van der Waals surface area contributed by atoms with Gasteiger partial charge in [0.1, 0.15) is 5.02 Å². The second-order valence-corrected chi connectivity index (χ2v) is 9.70. The summed E-state index contributed by atoms with van der Waals surface area (Å²) in [7, 11) is 1.88. The fourth-order valence-corrected chi connectivity index (χ4v) is 5.65. The van der Waals surface area contributed by atoms with Crippen molar-refractivity contribution < 1.29 is 0 Å². The van der Waals surface area contributed by atoms with Crippen molar-refractivity contribution >= 4 is 41.0 Å². The van der Waals surface area contributed by atoms with Gasteiger partial charge in [-0.1, -0.05) is 23.5 Å². The largest absolute Gasteiger partial charge is 0.366 e. The Morgan fingerprint density at radius 3 is 2.63 bits per heavy atom. The van der Waals surface area contributed by atoms with E-state index in [4.69, 9.17) is 11.6 Å². The number of halogens is 1. The highest BCUT2D eigenvalue weighted by atomic mass is 35.5. The average Bonchev–Trinajstić information content (AvgIpc) is 3.04. The van der Waals surface area contributed by atoms with Crippen LogP contribution < -0.4 is 10.6 Å². The van der Waals surface area contributed by atoms with Gasteiger partial charge in [0.15, 0.2) is 5.82 Å². The van der Waals surface area contributed by atoms with Crippen LogP contribution in [0.25, 0.3) is 0 Å². The molecule has 2 atom stereocenters. The molecule has 2 saturated carbocycles. The average molecular weight is 406 g/mol. The highest BCUT2D eigenvalue weighted by Crippen LogP contribution is 2.45. The second-order valence-electron chi connectivity index (χ2n) is 7.90. The minimum atomic E-state index is 0.437. The molecule has 0 spiro atoms. The molecule has 144 valence electrons. The number of nitrogens with zero attached hydrogens (tertiary/aromatic N) is 5. The molecule has 3 fully saturated rings. The Labute approximate surface area is 168 Å². The van der Waals surface area contributed by atoms with Crippen molar-refractivity contribution in [2.45, 2.75) is 37.0 Å². The molecular formula is C18H24ClN7S. The summed E-state index contributed by atoms with van der Waals surface area (Å²) < 4.78 is 4.34. The van der Waals surface area contributed by atoms with E-state index in [1.54, 1.807) is 17.1 Å². The molecule has 2 aliphatic carbocycles. The first kappa shape index (κ1) is 17.6. The molecule has 1 saturated heterocycles. The van der Waals surface area contributed by atoms with Crippen molar-refractivity contribution in [2.75, 3.05) is 23.7 Å². The third-order valence-corrected chi connectivity index (χ3v) is 7.23. The molecule has 2 aromatic heterocycles. The zero-order valence-corrected chi connectivity index (χ0v) is 16.9. The van der Waals surface area contributed by atoms with Crippen LogP contribution in [0.1, 0.15) is 25.7 Å². The number of aromatic nitrogens is 4. The van der Waals surface area contributed by atoms with E-state index < -0.39 is 0 Å². The van der Waals surface area contributed by atoms with E-state index >= 15 is 0 Å². The molecule has 0 aromatic carbocycles. The Morgan fingerprint density at radius 2 is 1.96 bits per heavy atom. The summed E-state index contributed by atoms with van der Waals surface area (Å²) in [6.07, 6.45) is 10.5. The minimum absolute atomic E-state index is 0.437. The summed E-state index contributed by atoms with van der Waals surface area (Å²) in [6.45, 7) is 2.46. The molecule has 2 unspecified atom stereocenters. The van der Waals surface area contributed by atoms with Crippen LogP contribution in [-0.2, 0) is 7.05 Å². The number of fused-ring (bicyclic) bond motifs is 1. The van der Waals surface area contributed by atoms with Crippen molar-refractivity contribution in [3.8, 4) is 0 Å². The molecule has 27 heavy (non-hydrogen) atoms. The molecule has 0 radical (unpaired) electrons. The topological polar surface area (TPSA) is 70.9 Å². The van der Waals surface area contributed by atoms with Crippen LogP contribution in [0.3, 0.4) is 0 Å². The Bertz CT molecular complexity index is 810. The second kappa shape index (κ2) is 7.14. The van der Waals surface area contributed by atoms with Crippen LogP contribution in [-0.4, -0.2) is 48.4 Å². The number of rotatable bonds is 6. The van der Waals surface area contributed by atoms with Crippen LogP contribution >= 0.6 is 23.5 Å². The van der Waals surface area contributed by atoms with E-state index in [9.17, 15) is 0 Å². The van der Waals surface area contributed by atoms with Crippen molar-refractivity contribution in [1.82, 2.24) is 24.1 Å². The molecule has 2 aromatic rings. The van der Waals surface area contributed by atoms with Gasteiger partial charge in [-0.05, 0) is 37.5 Å². The van der Waals surface area contributed by atoms with E-state index in [1.807, 2.05) is 13.2 Å². The lowest BCUT2D eigenvalue weighted by Gasteiger charge is -2.19. The maximum Gasteiger partial charge on any atom is 0.229 e. The van der Waals surface area contributed by atoms with Crippen molar-refractivity contribution in [2.24, 2.45) is 18.9 Å². The SMILES string of the molecule is Cn1cc(Nc2ncc(Cl)c(NC3CC4CN(SC5CC5)CC4C3)n2)cn1. The van der Waals surface area contributed by atoms with Gasteiger partial charge < -0.3 is 10.6 Å². The van der Waals surface area contributed by atoms with Crippen molar-refractivity contribution in [3.05, 3.63) is 23.6 Å². The van der Waals surface area contributed by atoms with Crippen LogP contribution in [0.5, 0.6) is 0 Å². The molecule has 7 nitrogen and oxygen atoms in total. The molecule has 1 aliphatic heterocycles. The van der Waals surface area contributed by atoms with Gasteiger partial charge in [-0.2, -0.15) is 10.1 Å². The van der Waals surface area contributed by atoms with Crippen molar-refractivity contribution in [1.29, 1.82) is 0 Å². The molecule has 2 N–H and O–H groups in total. The van der Waals surface area contributed by atoms with Gasteiger partial charge in [0, 0.05) is 37.6 Å². The zero-order chi connectivity index (χ0) is 18.4. The Morgan fingerprint density at radius 1 is 1.19 bits per heavy atom. The molecule has 0 bridgehead atoms. The van der Waals surface area contributed by atoms with Crippen LogP contribution in [0.2, 0.25) is 5.02 Å². The third kappa shape index (κ3) is 4.02. The fourth-order valence-electron chi connectivity index (χ4n) is 4.18. The minimum Gasteiger partial charge on any atom is -0.366 e. The van der Waals surface area contributed by atoms with Crippen molar-refractivity contribution in [3.63, 3.8) is 0 Å². The molecule has 3 heterocycles. The lowest BCUT2D eigenvalue weighted by Crippen LogP contribution is -2.22. The number of aryl methyl sites for hydroxylation is 1. The molecule has 9 heteroatoms. The Balaban J connectivity index is 1.20. The number of hydrogen-bond donors (Lipinski definition) is 2. The zero-order valence-electron chi connectivity index (χ0n) is 15.3. The van der Waals surface area contributed by atoms with Gasteiger partial charge in [-0.25, -0.2) is 9.29 Å². The first-order valence-electron chi connectivity index (χ1n) is 9.59. The Hall–Kier alpha value is -1.51. The number of anilines is 3. The summed E-state index contributed by atoms with van der Waals surface area (Å²) in [5, 5.41) is 12.4. The predicted octanol–water partition coefficient (Wildman–Crippen LogP) is 3.54. The van der Waals surface area contributed by atoms with Crippen LogP contribution in [0.4, 0.5) is 17.5 Å². The third-order valence-electron chi connectivity index (χ3n) is 5.59. The number of nitrogens with one attached hydrogen (secondary N) is 2. The van der Waals surface area contributed by atoms with Gasteiger partial charge in [-0.3, -0.25) is 4.68 Å². The van der Waals surface area contributed by atoms with Gasteiger partial charge in [0.2, 0.25) is 5.95 Å². The van der Waals surface area contributed by atoms with Crippen LogP contribution in [0, 0.1) is 11.8 Å². The number of hydrogen-bond acceptors (Lipinski definition) is 7. The quantitative estimate of drug-likeness (QED) is 0.712. The van der Waals surface area contributed by atoms with E-state index in [1.165, 1.54) is 38.8 Å². The smallest absolute Gasteiger partial charge is 0.229 e. The monoisotopic (exact) mass is 405 g/mol. The highest BCUT2D eigenvalue weighted by molar-refractivity contribution is 7.97. The lowest BCUT2D eigenvalue weighted by atomic mass is 10.0. The highest BCUT2D eigenvalue weighted by Gasteiger charge is 2.42. The van der Waals surface area contributed by atoms with E-state index in [-0.39, 0.29) is 0 Å². The fraction of sp³-hybridized carbons (Fsp3) is 0.611. The molecule has 5 rings (SSSR count). The van der Waals surface area contributed by atoms with Crippen LogP contribution in [0.15, 0.2) is 18.6 Å². The summed E-state index contributed by atoms with van der Waals surface area (Å²) in [5.41, 5.74) is 0.856. The van der Waals surface area contributed by atoms with Gasteiger partial charge >= 0.3 is 0 Å². The summed E-state index contributed by atoms with van der Waals surface area (Å²) in [5.74, 6) is 2.83. The molecular weight excluding hydrogens is 382 g/mol. The standard InChI is InChI=1S/C18H24ClN7S/c1-25-10-14(6-21-25)23-18-20-7-16(19)17(24-18)22-13-4-11-8-26(9-12(11)5-13)27-15-2-3-15/h6-7,10-13,15H,2-5,8-9H2,1H3,(H2,20,22,23,24). The van der Waals surface area contributed by atoms with Gasteiger partial charge in [0.25, 0.3) is 0 Å². The summed E-state index contributed by atoms with van der Waals surface area (Å²) >= 11 is 8.44. The Kier molecular flexibility index (Phi) is 4.65. The summed E-state index contributed by atoms with van der Waals surface area (Å²) in [6, 6.07) is 0.437. The summed E-state index contributed by atoms with van der Waals surface area (Å²) in [4.78, 5) is 8.86. The molecule has 0 amide bonds. The normalized spacial score (nSPS) is 27.7. The first-order valence-corrected chi connectivity index (χ1v) is 10.8. The van der Waals surface area contributed by atoms with Gasteiger partial charge in [0.05, 0.1) is 18.1 Å². The lowest BCUT2D eigenvalue weighted by molar-refractivity contribution is 0.494. The van der Waals surface area contributed by atoms with E-state index in [0.29, 0.717) is 22.8 Å². The predicted molar refractivity (Wildman–Crippen MR) is 109 cm³/mol. The van der Waals surface area contributed by atoms with Gasteiger partial charge in [-0.15, -0.1) is 0 Å². The first-order chi connectivity index (χ1) is 13.1. The van der Waals surface area contributed by atoms with E-state index in [2.05, 4.69) is 42.0 Å². The molecule has 3 aliphatic rings. The maximum absolute atomic E-state index is 6.35.